The molecule has 0 saturated carbocycles. The molecule has 2 heterocycles. The fraction of sp³-hybridized carbons (Fsp3) is 0.714. The molecule has 0 radical (unpaired) electrons. The maximum Gasteiger partial charge on any atom is 0.101 e. The zero-order valence-corrected chi connectivity index (χ0v) is 11.3. The Morgan fingerprint density at radius 2 is 2.00 bits per heavy atom. The second-order valence-electron chi connectivity index (χ2n) is 6.21. The van der Waals surface area contributed by atoms with Crippen LogP contribution >= 0.6 is 0 Å². The van der Waals surface area contributed by atoms with Gasteiger partial charge in [-0.3, -0.25) is 0 Å². The quantitative estimate of drug-likeness (QED) is 0.860. The third-order valence-electron chi connectivity index (χ3n) is 3.62. The first-order chi connectivity index (χ1) is 7.71. The number of aliphatic hydroxyl groups is 1. The van der Waals surface area contributed by atoms with Gasteiger partial charge in [-0.05, 0) is 47.1 Å². The summed E-state index contributed by atoms with van der Waals surface area (Å²) in [6, 6.07) is 1.89. The van der Waals surface area contributed by atoms with Crippen molar-refractivity contribution in [3.8, 4) is 0 Å². The van der Waals surface area contributed by atoms with Crippen molar-refractivity contribution in [3.63, 3.8) is 0 Å². The van der Waals surface area contributed by atoms with Gasteiger partial charge in [-0.25, -0.2) is 0 Å². The molecule has 2 unspecified atom stereocenters. The van der Waals surface area contributed by atoms with Crippen molar-refractivity contribution in [2.75, 3.05) is 0 Å². The van der Waals surface area contributed by atoms with E-state index in [1.54, 1.807) is 6.26 Å². The van der Waals surface area contributed by atoms with Gasteiger partial charge in [0.05, 0.1) is 23.6 Å². The molecule has 0 aromatic carbocycles. The van der Waals surface area contributed by atoms with Crippen LogP contribution in [0.25, 0.3) is 0 Å². The minimum absolute atomic E-state index is 0.0921. The number of aliphatic hydroxyl groups excluding tert-OH is 1. The largest absolute Gasteiger partial charge is 0.469 e. The van der Waals surface area contributed by atoms with Gasteiger partial charge in [-0.1, -0.05) is 0 Å². The third-order valence-corrected chi connectivity index (χ3v) is 3.62. The first kappa shape index (κ1) is 12.7. The highest BCUT2D eigenvalue weighted by Crippen LogP contribution is 2.47. The van der Waals surface area contributed by atoms with E-state index < -0.39 is 6.10 Å². The summed E-state index contributed by atoms with van der Waals surface area (Å²) >= 11 is 0. The van der Waals surface area contributed by atoms with Crippen molar-refractivity contribution in [1.29, 1.82) is 0 Å². The van der Waals surface area contributed by atoms with E-state index in [0.29, 0.717) is 0 Å². The molecule has 0 bridgehead atoms. The molecule has 2 rings (SSSR count). The van der Waals surface area contributed by atoms with Gasteiger partial charge in [-0.2, -0.15) is 0 Å². The summed E-state index contributed by atoms with van der Waals surface area (Å²) in [5.74, 6) is 0.921. The molecule has 2 atom stereocenters. The highest BCUT2D eigenvalue weighted by Gasteiger charge is 2.49. The van der Waals surface area contributed by atoms with E-state index >= 15 is 0 Å². The van der Waals surface area contributed by atoms with E-state index in [0.717, 1.165) is 17.7 Å². The van der Waals surface area contributed by atoms with Crippen LogP contribution in [-0.4, -0.2) is 16.3 Å². The zero-order chi connectivity index (χ0) is 12.8. The molecule has 17 heavy (non-hydrogen) atoms. The van der Waals surface area contributed by atoms with Gasteiger partial charge >= 0.3 is 0 Å². The van der Waals surface area contributed by atoms with Gasteiger partial charge in [0.2, 0.25) is 0 Å². The average molecular weight is 238 g/mol. The molecule has 0 aliphatic carbocycles. The predicted octanol–water partition coefficient (Wildman–Crippen LogP) is 3.22. The molecule has 1 aliphatic rings. The second kappa shape index (κ2) is 3.85. The van der Waals surface area contributed by atoms with Crippen LogP contribution in [0, 0.1) is 12.8 Å². The Kier molecular flexibility index (Phi) is 2.87. The van der Waals surface area contributed by atoms with Crippen LogP contribution in [0.5, 0.6) is 0 Å². The SMILES string of the molecule is Cc1cc(C(O)C2CC(C)(C)OC2(C)C)co1. The Morgan fingerprint density at radius 3 is 2.41 bits per heavy atom. The number of hydrogen-bond donors (Lipinski definition) is 1. The summed E-state index contributed by atoms with van der Waals surface area (Å²) in [5.41, 5.74) is 0.365. The lowest BCUT2D eigenvalue weighted by Crippen LogP contribution is -2.32. The third kappa shape index (κ3) is 2.40. The van der Waals surface area contributed by atoms with Crippen LogP contribution in [0.4, 0.5) is 0 Å². The monoisotopic (exact) mass is 238 g/mol. The fourth-order valence-electron chi connectivity index (χ4n) is 2.95. The molecule has 3 heteroatoms. The minimum atomic E-state index is -0.524. The van der Waals surface area contributed by atoms with Crippen LogP contribution in [-0.2, 0) is 4.74 Å². The normalized spacial score (nSPS) is 28.2. The van der Waals surface area contributed by atoms with Gasteiger partial charge in [0, 0.05) is 11.5 Å². The maximum atomic E-state index is 10.5. The molecule has 1 aromatic rings. The van der Waals surface area contributed by atoms with Crippen molar-refractivity contribution >= 4 is 0 Å². The van der Waals surface area contributed by atoms with Gasteiger partial charge < -0.3 is 14.3 Å². The average Bonchev–Trinajstić information content (AvgIpc) is 2.66. The first-order valence-corrected chi connectivity index (χ1v) is 6.14. The van der Waals surface area contributed by atoms with E-state index in [4.69, 9.17) is 9.15 Å². The van der Waals surface area contributed by atoms with Crippen LogP contribution in [0.15, 0.2) is 16.7 Å². The summed E-state index contributed by atoms with van der Waals surface area (Å²) in [6.45, 7) is 10.1. The van der Waals surface area contributed by atoms with Gasteiger partial charge in [0.1, 0.15) is 5.76 Å². The summed E-state index contributed by atoms with van der Waals surface area (Å²) in [6.07, 6.45) is 1.97. The van der Waals surface area contributed by atoms with Crippen molar-refractivity contribution in [2.24, 2.45) is 5.92 Å². The molecule has 1 fully saturated rings. The molecule has 0 amide bonds. The molecule has 3 nitrogen and oxygen atoms in total. The van der Waals surface area contributed by atoms with E-state index in [-0.39, 0.29) is 17.1 Å². The van der Waals surface area contributed by atoms with Gasteiger partial charge in [0.25, 0.3) is 0 Å². The summed E-state index contributed by atoms with van der Waals surface area (Å²) in [5, 5.41) is 10.5. The summed E-state index contributed by atoms with van der Waals surface area (Å²) in [4.78, 5) is 0. The predicted molar refractivity (Wildman–Crippen MR) is 65.8 cm³/mol. The molecular formula is C14H22O3. The van der Waals surface area contributed by atoms with Crippen molar-refractivity contribution in [1.82, 2.24) is 0 Å². The van der Waals surface area contributed by atoms with Crippen LogP contribution < -0.4 is 0 Å². The lowest BCUT2D eigenvalue weighted by molar-refractivity contribution is -0.0880. The van der Waals surface area contributed by atoms with E-state index in [9.17, 15) is 5.11 Å². The summed E-state index contributed by atoms with van der Waals surface area (Å²) < 4.78 is 11.3. The number of furan rings is 1. The highest BCUT2D eigenvalue weighted by molar-refractivity contribution is 5.17. The molecule has 1 N–H and O–H groups in total. The Labute approximate surface area is 103 Å². The van der Waals surface area contributed by atoms with Crippen molar-refractivity contribution in [3.05, 3.63) is 23.7 Å². The van der Waals surface area contributed by atoms with E-state index in [2.05, 4.69) is 13.8 Å². The Balaban J connectivity index is 2.23. The molecule has 1 saturated heterocycles. The Hall–Kier alpha value is -0.800. The zero-order valence-electron chi connectivity index (χ0n) is 11.3. The summed E-state index contributed by atoms with van der Waals surface area (Å²) in [7, 11) is 0. The smallest absolute Gasteiger partial charge is 0.101 e. The van der Waals surface area contributed by atoms with E-state index in [1.807, 2.05) is 26.8 Å². The van der Waals surface area contributed by atoms with Gasteiger partial charge in [0.15, 0.2) is 0 Å². The Bertz CT molecular complexity index is 403. The van der Waals surface area contributed by atoms with Crippen LogP contribution in [0.3, 0.4) is 0 Å². The van der Waals surface area contributed by atoms with Crippen molar-refractivity contribution < 1.29 is 14.3 Å². The molecular weight excluding hydrogens is 216 g/mol. The number of rotatable bonds is 2. The van der Waals surface area contributed by atoms with E-state index in [1.165, 1.54) is 0 Å². The first-order valence-electron chi connectivity index (χ1n) is 6.14. The van der Waals surface area contributed by atoms with Gasteiger partial charge in [-0.15, -0.1) is 0 Å². The van der Waals surface area contributed by atoms with Crippen LogP contribution in [0.2, 0.25) is 0 Å². The number of aryl methyl sites for hydroxylation is 1. The lowest BCUT2D eigenvalue weighted by Gasteiger charge is -2.29. The standard InChI is InChI=1S/C14H22O3/c1-9-6-10(8-16-9)12(15)11-7-13(2,3)17-14(11,4)5/h6,8,11-12,15H,7H2,1-5H3. The minimum Gasteiger partial charge on any atom is -0.469 e. The molecule has 1 aromatic heterocycles. The molecule has 96 valence electrons. The fourth-order valence-corrected chi connectivity index (χ4v) is 2.95. The number of ether oxygens (including phenoxy) is 1. The molecule has 1 aliphatic heterocycles. The van der Waals surface area contributed by atoms with Crippen molar-refractivity contribution in [2.45, 2.75) is 58.3 Å². The maximum absolute atomic E-state index is 10.5. The van der Waals surface area contributed by atoms with Crippen LogP contribution in [0.1, 0.15) is 51.5 Å². The highest BCUT2D eigenvalue weighted by atomic mass is 16.5. The Morgan fingerprint density at radius 1 is 1.35 bits per heavy atom. The second-order valence-corrected chi connectivity index (χ2v) is 6.21. The molecule has 0 spiro atoms. The number of hydrogen-bond acceptors (Lipinski definition) is 3. The topological polar surface area (TPSA) is 42.6 Å². The lowest BCUT2D eigenvalue weighted by atomic mass is 9.81.